The number of ether oxygens (including phenoxy) is 1. The molecule has 2 aromatic rings. The summed E-state index contributed by atoms with van der Waals surface area (Å²) in [6.07, 6.45) is -5.54. The molecule has 0 radical (unpaired) electrons. The Balaban J connectivity index is 1.46. The number of rotatable bonds is 24. The number of nitrogens with two attached hydrogens (primary N) is 2. The Labute approximate surface area is 328 Å². The van der Waals surface area contributed by atoms with Gasteiger partial charge in [-0.25, -0.2) is 28.6 Å². The molecule has 26 nitrogen and oxygen atoms in total. The molecular weight excluding hydrogens is 849 g/mol. The number of amides is 3. The summed E-state index contributed by atoms with van der Waals surface area (Å²) in [6, 6.07) is 0. The maximum atomic E-state index is 12.7. The number of primary amides is 1. The number of aromatic nitrogens is 4. The van der Waals surface area contributed by atoms with Crippen molar-refractivity contribution < 1.29 is 85.3 Å². The third kappa shape index (κ3) is 15.6. The summed E-state index contributed by atoms with van der Waals surface area (Å²) < 4.78 is 62.0. The van der Waals surface area contributed by atoms with Crippen LogP contribution in [-0.2, 0) is 55.5 Å². The van der Waals surface area contributed by atoms with Crippen LogP contribution in [0.5, 0.6) is 0 Å². The topological polar surface area (TPSA) is 407 Å². The van der Waals surface area contributed by atoms with Gasteiger partial charge >= 0.3 is 23.5 Å². The van der Waals surface area contributed by atoms with Crippen molar-refractivity contribution in [2.75, 3.05) is 37.8 Å². The zero-order valence-corrected chi connectivity index (χ0v) is 33.9. The van der Waals surface area contributed by atoms with Crippen LogP contribution in [0.1, 0.15) is 52.2 Å². The van der Waals surface area contributed by atoms with Crippen LogP contribution in [-0.4, -0.2) is 129 Å². The molecule has 1 fully saturated rings. The molecule has 1 aliphatic heterocycles. The minimum atomic E-state index is -5.58. The third-order valence-corrected chi connectivity index (χ3v) is 11.9. The maximum absolute atomic E-state index is 12.7. The molecule has 0 saturated carbocycles. The van der Waals surface area contributed by atoms with Crippen molar-refractivity contribution in [1.29, 1.82) is 0 Å². The van der Waals surface area contributed by atoms with Crippen LogP contribution in [0, 0.1) is 5.41 Å². The smallest absolute Gasteiger partial charge is 0.386 e. The zero-order chi connectivity index (χ0) is 42.8. The molecule has 0 bridgehead atoms. The van der Waals surface area contributed by atoms with Gasteiger partial charge in [0, 0.05) is 43.5 Å². The molecule has 3 amide bonds. The van der Waals surface area contributed by atoms with E-state index in [2.05, 4.69) is 34.4 Å². The Morgan fingerprint density at radius 1 is 1.00 bits per heavy atom. The Kier molecular flexibility index (Phi) is 17.7. The van der Waals surface area contributed by atoms with E-state index in [4.69, 9.17) is 25.3 Å². The number of thioether (sulfide) groups is 1. The summed E-state index contributed by atoms with van der Waals surface area (Å²) >= 11 is 1.01. The number of carbonyl (C=O) groups excluding carboxylic acids is 4. The molecule has 57 heavy (non-hydrogen) atoms. The minimum Gasteiger partial charge on any atom is -0.386 e. The van der Waals surface area contributed by atoms with Gasteiger partial charge in [-0.3, -0.25) is 37.3 Å². The molecule has 2 aromatic heterocycles. The Hall–Kier alpha value is -2.97. The molecule has 3 heterocycles. The van der Waals surface area contributed by atoms with Gasteiger partial charge in [-0.1, -0.05) is 25.6 Å². The van der Waals surface area contributed by atoms with E-state index in [1.807, 2.05) is 0 Å². The first-order chi connectivity index (χ1) is 26.4. The van der Waals surface area contributed by atoms with Crippen LogP contribution in [0.15, 0.2) is 12.7 Å². The van der Waals surface area contributed by atoms with E-state index in [1.54, 1.807) is 0 Å². The second kappa shape index (κ2) is 20.8. The predicted octanol–water partition coefficient (Wildman–Crippen LogP) is -1.29. The van der Waals surface area contributed by atoms with Crippen LogP contribution in [0.4, 0.5) is 5.82 Å². The number of imidazole rings is 1. The van der Waals surface area contributed by atoms with Gasteiger partial charge in [0.1, 0.15) is 36.3 Å². The molecule has 0 aliphatic carbocycles. The Bertz CT molecular complexity index is 1880. The van der Waals surface area contributed by atoms with Crippen molar-refractivity contribution in [3.05, 3.63) is 12.7 Å². The summed E-state index contributed by atoms with van der Waals surface area (Å²) in [4.78, 5) is 98.1. The molecule has 0 aromatic carbocycles. The molecule has 322 valence electrons. The molecule has 3 rings (SSSR count). The number of nitrogens with one attached hydrogen (secondary N) is 2. The lowest BCUT2D eigenvalue weighted by Gasteiger charge is -2.30. The van der Waals surface area contributed by atoms with Crippen LogP contribution in [0.3, 0.4) is 0 Å². The average Bonchev–Trinajstić information content (AvgIpc) is 3.66. The number of carbonyl (C=O) groups is 4. The van der Waals surface area contributed by atoms with Crippen molar-refractivity contribution in [3.8, 4) is 0 Å². The van der Waals surface area contributed by atoms with E-state index in [0.29, 0.717) is 18.6 Å². The first-order valence-corrected chi connectivity index (χ1v) is 22.2. The van der Waals surface area contributed by atoms with E-state index < -0.39 is 90.5 Å². The minimum absolute atomic E-state index is 0.0240. The summed E-state index contributed by atoms with van der Waals surface area (Å²) in [5.41, 5.74) is 9.27. The predicted molar refractivity (Wildman–Crippen MR) is 195 cm³/mol. The second-order valence-corrected chi connectivity index (χ2v) is 18.4. The molecular formula is C27H45N8O18P3S. The molecule has 2 unspecified atom stereocenters. The van der Waals surface area contributed by atoms with Gasteiger partial charge in [-0.15, -0.1) is 0 Å². The highest BCUT2D eigenvalue weighted by Crippen LogP contribution is 2.61. The highest BCUT2D eigenvalue weighted by atomic mass is 32.2. The molecule has 1 aliphatic rings. The monoisotopic (exact) mass is 894 g/mol. The summed E-state index contributed by atoms with van der Waals surface area (Å²) in [6.45, 7) is 0.369. The van der Waals surface area contributed by atoms with E-state index in [9.17, 15) is 62.7 Å². The second-order valence-electron chi connectivity index (χ2n) is 13.0. The number of hydrogen-bond acceptors (Lipinski definition) is 19. The number of anilines is 1. The number of aliphatic hydroxyl groups excluding tert-OH is 2. The van der Waals surface area contributed by atoms with Gasteiger partial charge < -0.3 is 56.6 Å². The standard InChI is InChI=1S/C27H45N8O18P3S/c1-27(2,22(40)25(41)31-8-7-17(37)30-9-10-57-18(38)6-4-3-5-16(28)36)12-50-56(47,48)53-55(45,46)49-11-15-21(52-54(42,43)44)20(39)26(51-15)35-14-34-19-23(29)32-13-33-24(19)35/h13-15,20-22,26,39-40H,3-12H2,1-2H3,(H2,28,36)(H,30,37)(H,31,41)(H,45,46)(H,47,48)(H2,29,32,33)(H2,42,43,44)/t15-,20-,21-,22+,26-/m1/s1. The van der Waals surface area contributed by atoms with Crippen molar-refractivity contribution >= 4 is 75.0 Å². The number of nitrogens with zero attached hydrogens (tertiary/aromatic N) is 4. The van der Waals surface area contributed by atoms with Gasteiger partial charge in [0.15, 0.2) is 22.8 Å². The van der Waals surface area contributed by atoms with Crippen molar-refractivity contribution in [2.45, 2.75) is 76.6 Å². The fraction of sp³-hybridized carbons (Fsp3) is 0.667. The summed E-state index contributed by atoms with van der Waals surface area (Å²) in [5, 5.41) is 26.2. The van der Waals surface area contributed by atoms with Gasteiger partial charge in [-0.2, -0.15) is 4.31 Å². The number of unbranched alkanes of at least 4 members (excludes halogenated alkanes) is 1. The molecule has 12 N–H and O–H groups in total. The fourth-order valence-corrected chi connectivity index (χ4v) is 8.49. The fourth-order valence-electron chi connectivity index (χ4n) is 4.94. The summed E-state index contributed by atoms with van der Waals surface area (Å²) in [7, 11) is -16.4. The summed E-state index contributed by atoms with van der Waals surface area (Å²) in [5.74, 6) is -1.66. The van der Waals surface area contributed by atoms with E-state index in [-0.39, 0.29) is 54.4 Å². The van der Waals surface area contributed by atoms with Gasteiger partial charge in [0.05, 0.1) is 19.5 Å². The van der Waals surface area contributed by atoms with E-state index in [0.717, 1.165) is 29.0 Å². The zero-order valence-electron chi connectivity index (χ0n) is 30.4. The molecule has 7 atom stereocenters. The van der Waals surface area contributed by atoms with Crippen LogP contribution in [0.2, 0.25) is 0 Å². The quantitative estimate of drug-likeness (QED) is 0.0433. The van der Waals surface area contributed by atoms with Crippen molar-refractivity contribution in [3.63, 3.8) is 0 Å². The molecule has 30 heteroatoms. The number of phosphoric acid groups is 3. The SMILES string of the molecule is CC(C)(COP(=O)(O)OP(=O)(O)OC[C@H]1O[C@@H](n2cnc3c(N)ncnc32)[C@H](O)[C@@H]1OP(=O)(O)O)[C@@H](O)C(=O)NCCC(=O)NCCSC(=O)CCCCC(N)=O. The first kappa shape index (κ1) is 48.4. The average molecular weight is 895 g/mol. The maximum Gasteiger partial charge on any atom is 0.481 e. The van der Waals surface area contributed by atoms with E-state index in [1.165, 1.54) is 13.8 Å². The lowest BCUT2D eigenvalue weighted by Crippen LogP contribution is -2.46. The highest BCUT2D eigenvalue weighted by molar-refractivity contribution is 8.13. The largest absolute Gasteiger partial charge is 0.481 e. The molecule has 1 saturated heterocycles. The number of phosphoric ester groups is 3. The lowest BCUT2D eigenvalue weighted by molar-refractivity contribution is -0.137. The number of nitrogen functional groups attached to an aromatic ring is 1. The van der Waals surface area contributed by atoms with Crippen LogP contribution < -0.4 is 22.1 Å². The van der Waals surface area contributed by atoms with Crippen LogP contribution >= 0.6 is 35.2 Å². The highest BCUT2D eigenvalue weighted by Gasteiger charge is 2.50. The Morgan fingerprint density at radius 2 is 1.67 bits per heavy atom. The van der Waals surface area contributed by atoms with Gasteiger partial charge in [0.25, 0.3) is 0 Å². The third-order valence-electron chi connectivity index (χ3n) is 7.82. The molecule has 0 spiro atoms. The first-order valence-electron chi connectivity index (χ1n) is 16.7. The Morgan fingerprint density at radius 3 is 2.33 bits per heavy atom. The normalized spacial score (nSPS) is 21.4. The van der Waals surface area contributed by atoms with Gasteiger partial charge in [-0.05, 0) is 12.8 Å². The van der Waals surface area contributed by atoms with E-state index >= 15 is 0 Å². The number of aliphatic hydroxyl groups is 2. The lowest BCUT2D eigenvalue weighted by atomic mass is 9.87. The van der Waals surface area contributed by atoms with Crippen molar-refractivity contribution in [2.24, 2.45) is 11.1 Å². The number of hydrogen-bond donors (Lipinski definition) is 10. The van der Waals surface area contributed by atoms with Crippen molar-refractivity contribution in [1.82, 2.24) is 30.2 Å². The number of fused-ring (bicyclic) bond motifs is 1. The van der Waals surface area contributed by atoms with Gasteiger partial charge in [0.2, 0.25) is 17.7 Å². The van der Waals surface area contributed by atoms with Crippen LogP contribution in [0.25, 0.3) is 11.2 Å².